The lowest BCUT2D eigenvalue weighted by Crippen LogP contribution is -2.35. The Hall–Kier alpha value is -3.88. The van der Waals surface area contributed by atoms with E-state index in [2.05, 4.69) is 10.6 Å². The highest BCUT2D eigenvalue weighted by Crippen LogP contribution is 2.27. The van der Waals surface area contributed by atoms with E-state index in [1.54, 1.807) is 19.1 Å². The van der Waals surface area contributed by atoms with Gasteiger partial charge in [0.15, 0.2) is 6.61 Å². The number of halogens is 1. The van der Waals surface area contributed by atoms with Crippen molar-refractivity contribution in [3.05, 3.63) is 59.1 Å². The summed E-state index contributed by atoms with van der Waals surface area (Å²) in [5.74, 6) is -2.09. The number of carbonyl (C=O) groups is 3. The Morgan fingerprint density at radius 2 is 1.84 bits per heavy atom. The van der Waals surface area contributed by atoms with E-state index in [9.17, 15) is 18.8 Å². The van der Waals surface area contributed by atoms with Gasteiger partial charge in [-0.05, 0) is 49.7 Å². The van der Waals surface area contributed by atoms with Gasteiger partial charge in [-0.1, -0.05) is 6.07 Å². The van der Waals surface area contributed by atoms with Crippen LogP contribution in [0.4, 0.5) is 10.1 Å². The van der Waals surface area contributed by atoms with Gasteiger partial charge in [0, 0.05) is 10.9 Å². The molecule has 1 heterocycles. The second-order valence-corrected chi connectivity index (χ2v) is 6.80. The molecule has 0 atom stereocenters. The monoisotopic (exact) mass is 428 g/mol. The molecule has 0 spiro atoms. The first-order valence-electron chi connectivity index (χ1n) is 9.35. The summed E-state index contributed by atoms with van der Waals surface area (Å²) in [5.41, 5.74) is 2.14. The van der Waals surface area contributed by atoms with Gasteiger partial charge in [0.2, 0.25) is 11.7 Å². The lowest BCUT2D eigenvalue weighted by atomic mass is 10.1. The highest BCUT2D eigenvalue weighted by atomic mass is 19.1. The smallest absolute Gasteiger partial charge is 0.375 e. The third-order valence-corrected chi connectivity index (χ3v) is 4.49. The SMILES string of the molecule is COc1ccc(C)cc1NC(=O)CNC(=O)COC(=O)c1oc2ccc(F)cc2c1C. The molecule has 0 saturated heterocycles. The maximum Gasteiger partial charge on any atom is 0.375 e. The van der Waals surface area contributed by atoms with E-state index >= 15 is 0 Å². The molecule has 0 fully saturated rings. The number of esters is 1. The number of benzene rings is 2. The molecule has 0 unspecified atom stereocenters. The van der Waals surface area contributed by atoms with Crippen molar-refractivity contribution in [3.63, 3.8) is 0 Å². The maximum absolute atomic E-state index is 13.4. The third-order valence-electron chi connectivity index (χ3n) is 4.49. The van der Waals surface area contributed by atoms with Crippen LogP contribution >= 0.6 is 0 Å². The molecule has 1 aromatic heterocycles. The standard InChI is InChI=1S/C22H21FN2O6/c1-12-4-6-18(29-3)16(8-12)25-19(26)10-24-20(27)11-30-22(28)21-13(2)15-9-14(23)5-7-17(15)31-21/h4-9H,10-11H2,1-3H3,(H,24,27)(H,25,26). The van der Waals surface area contributed by atoms with Crippen LogP contribution in [-0.2, 0) is 14.3 Å². The Balaban J connectivity index is 1.51. The van der Waals surface area contributed by atoms with Crippen molar-refractivity contribution in [1.82, 2.24) is 5.32 Å². The normalized spacial score (nSPS) is 10.6. The topological polar surface area (TPSA) is 107 Å². The van der Waals surface area contributed by atoms with E-state index in [0.29, 0.717) is 28.0 Å². The lowest BCUT2D eigenvalue weighted by Gasteiger charge is -2.11. The summed E-state index contributed by atoms with van der Waals surface area (Å²) in [6, 6.07) is 9.16. The van der Waals surface area contributed by atoms with Gasteiger partial charge in [0.05, 0.1) is 19.3 Å². The quantitative estimate of drug-likeness (QED) is 0.560. The Morgan fingerprint density at radius 3 is 2.58 bits per heavy atom. The van der Waals surface area contributed by atoms with Gasteiger partial charge in [-0.15, -0.1) is 0 Å². The van der Waals surface area contributed by atoms with Gasteiger partial charge >= 0.3 is 5.97 Å². The first-order chi connectivity index (χ1) is 14.8. The van der Waals surface area contributed by atoms with Crippen molar-refractivity contribution in [3.8, 4) is 5.75 Å². The number of aryl methyl sites for hydroxylation is 2. The molecule has 2 N–H and O–H groups in total. The first-order valence-corrected chi connectivity index (χ1v) is 9.35. The molecule has 0 aliphatic carbocycles. The summed E-state index contributed by atoms with van der Waals surface area (Å²) in [4.78, 5) is 36.3. The molecule has 0 aliphatic heterocycles. The number of nitrogens with one attached hydrogen (secondary N) is 2. The maximum atomic E-state index is 13.4. The van der Waals surface area contributed by atoms with Crippen LogP contribution in [0.15, 0.2) is 40.8 Å². The minimum atomic E-state index is -0.863. The van der Waals surface area contributed by atoms with Crippen LogP contribution in [0.5, 0.6) is 5.75 Å². The zero-order chi connectivity index (χ0) is 22.5. The molecule has 2 amide bonds. The number of methoxy groups -OCH3 is 1. The van der Waals surface area contributed by atoms with E-state index in [1.807, 2.05) is 13.0 Å². The second kappa shape index (κ2) is 9.29. The molecule has 0 radical (unpaired) electrons. The number of ether oxygens (including phenoxy) is 2. The van der Waals surface area contributed by atoms with Crippen LogP contribution in [0.2, 0.25) is 0 Å². The van der Waals surface area contributed by atoms with Gasteiger partial charge < -0.3 is 24.5 Å². The Bertz CT molecular complexity index is 1150. The summed E-state index contributed by atoms with van der Waals surface area (Å²) >= 11 is 0. The number of fused-ring (bicyclic) bond motifs is 1. The van der Waals surface area contributed by atoms with Crippen LogP contribution in [0.3, 0.4) is 0 Å². The lowest BCUT2D eigenvalue weighted by molar-refractivity contribution is -0.126. The number of amides is 2. The summed E-state index contributed by atoms with van der Waals surface area (Å²) in [5, 5.41) is 5.45. The molecular formula is C22H21FN2O6. The predicted octanol–water partition coefficient (Wildman–Crippen LogP) is 3.11. The molecule has 0 saturated carbocycles. The van der Waals surface area contributed by atoms with Crippen molar-refractivity contribution < 1.29 is 32.7 Å². The minimum absolute atomic E-state index is 0.113. The number of furan rings is 1. The second-order valence-electron chi connectivity index (χ2n) is 6.80. The van der Waals surface area contributed by atoms with E-state index in [-0.39, 0.29) is 12.3 Å². The number of rotatable bonds is 7. The van der Waals surface area contributed by atoms with Gasteiger partial charge in [0.1, 0.15) is 17.1 Å². The first kappa shape index (κ1) is 21.8. The van der Waals surface area contributed by atoms with Crippen molar-refractivity contribution in [1.29, 1.82) is 0 Å². The number of anilines is 1. The van der Waals surface area contributed by atoms with Crippen LogP contribution in [0.25, 0.3) is 11.0 Å². The van der Waals surface area contributed by atoms with Gasteiger partial charge in [-0.25, -0.2) is 9.18 Å². The van der Waals surface area contributed by atoms with Crippen molar-refractivity contribution in [2.75, 3.05) is 25.6 Å². The summed E-state index contributed by atoms with van der Waals surface area (Å²) in [6.45, 7) is 2.53. The fraction of sp³-hybridized carbons (Fsp3) is 0.227. The average molecular weight is 428 g/mol. The van der Waals surface area contributed by atoms with Gasteiger partial charge in [-0.3, -0.25) is 9.59 Å². The molecule has 8 nitrogen and oxygen atoms in total. The van der Waals surface area contributed by atoms with Crippen LogP contribution < -0.4 is 15.4 Å². The molecule has 31 heavy (non-hydrogen) atoms. The largest absolute Gasteiger partial charge is 0.495 e. The highest BCUT2D eigenvalue weighted by molar-refractivity contribution is 5.98. The number of hydrogen-bond donors (Lipinski definition) is 2. The Morgan fingerprint density at radius 1 is 1.06 bits per heavy atom. The highest BCUT2D eigenvalue weighted by Gasteiger charge is 2.20. The molecule has 3 aromatic rings. The van der Waals surface area contributed by atoms with Crippen molar-refractivity contribution in [2.24, 2.45) is 0 Å². The van der Waals surface area contributed by atoms with E-state index < -0.39 is 30.2 Å². The van der Waals surface area contributed by atoms with Crippen LogP contribution in [-0.4, -0.2) is 38.0 Å². The Labute approximate surface area is 177 Å². The van der Waals surface area contributed by atoms with Crippen molar-refractivity contribution in [2.45, 2.75) is 13.8 Å². The molecule has 3 rings (SSSR count). The molecule has 9 heteroatoms. The van der Waals surface area contributed by atoms with Gasteiger partial charge in [-0.2, -0.15) is 0 Å². The fourth-order valence-electron chi connectivity index (χ4n) is 2.93. The summed E-state index contributed by atoms with van der Waals surface area (Å²) < 4.78 is 28.9. The third kappa shape index (κ3) is 5.19. The van der Waals surface area contributed by atoms with E-state index in [0.717, 1.165) is 5.56 Å². The zero-order valence-corrected chi connectivity index (χ0v) is 17.2. The van der Waals surface area contributed by atoms with Crippen LogP contribution in [0.1, 0.15) is 21.7 Å². The van der Waals surface area contributed by atoms with E-state index in [1.165, 1.54) is 25.3 Å². The minimum Gasteiger partial charge on any atom is -0.495 e. The summed E-state index contributed by atoms with van der Waals surface area (Å²) in [7, 11) is 1.48. The molecule has 0 aliphatic rings. The average Bonchev–Trinajstić information content (AvgIpc) is 3.06. The molecule has 162 valence electrons. The van der Waals surface area contributed by atoms with Crippen LogP contribution in [0, 0.1) is 19.7 Å². The molecule has 2 aromatic carbocycles. The molecule has 0 bridgehead atoms. The number of hydrogen-bond acceptors (Lipinski definition) is 6. The Kier molecular flexibility index (Phi) is 6.54. The van der Waals surface area contributed by atoms with Gasteiger partial charge in [0.25, 0.3) is 5.91 Å². The zero-order valence-electron chi connectivity index (χ0n) is 17.2. The van der Waals surface area contributed by atoms with E-state index in [4.69, 9.17) is 13.9 Å². The number of carbonyl (C=O) groups excluding carboxylic acids is 3. The molecular weight excluding hydrogens is 407 g/mol. The predicted molar refractivity (Wildman–Crippen MR) is 111 cm³/mol. The fourth-order valence-corrected chi connectivity index (χ4v) is 2.93. The van der Waals surface area contributed by atoms with Crippen molar-refractivity contribution >= 4 is 34.4 Å². The summed E-state index contributed by atoms with van der Waals surface area (Å²) in [6.07, 6.45) is 0.